The molecule has 0 saturated carbocycles. The summed E-state index contributed by atoms with van der Waals surface area (Å²) in [6.07, 6.45) is 31.0. The van der Waals surface area contributed by atoms with Gasteiger partial charge in [-0.2, -0.15) is 49.8 Å². The summed E-state index contributed by atoms with van der Waals surface area (Å²) in [5, 5.41) is 36.2. The van der Waals surface area contributed by atoms with E-state index in [0.717, 1.165) is 267 Å². The molecule has 0 radical (unpaired) electrons. The number of unbranched alkanes of at least 4 members (excludes halogenated alkanes) is 7. The fourth-order valence-electron chi connectivity index (χ4n) is 27.3. The molecule has 0 atom stereocenters. The minimum absolute atomic E-state index is 0.0993. The number of rotatable bonds is 50. The Bertz CT molecular complexity index is 4220. The predicted octanol–water partition coefficient (Wildman–Crippen LogP) is 20.2. The van der Waals surface area contributed by atoms with Crippen LogP contribution in [0.25, 0.3) is 0 Å². The van der Waals surface area contributed by atoms with Gasteiger partial charge in [-0.05, 0) is 342 Å². The molecule has 7 saturated heterocycles. The van der Waals surface area contributed by atoms with Crippen LogP contribution in [0.4, 0.5) is 65.4 Å². The van der Waals surface area contributed by atoms with E-state index in [4.69, 9.17) is 59.8 Å². The van der Waals surface area contributed by atoms with Gasteiger partial charge in [0.25, 0.3) is 0 Å². The molecule has 4 aromatic rings. The average molecular weight is 1960 g/mol. The number of nitrogens with zero attached hydrogens (tertiary/aromatic N) is 21. The summed E-state index contributed by atoms with van der Waals surface area (Å²) in [5.41, 5.74) is -1.63. The molecule has 7 aliphatic heterocycles. The lowest BCUT2D eigenvalue weighted by molar-refractivity contribution is 0.156. The molecule has 9 N–H and O–H groups in total. The van der Waals surface area contributed by atoms with Crippen LogP contribution in [0.5, 0.6) is 0 Å². The van der Waals surface area contributed by atoms with E-state index < -0.39 is 0 Å². The smallest absolute Gasteiger partial charge is 0.232 e. The molecule has 11 rings (SSSR count). The van der Waals surface area contributed by atoms with E-state index in [0.29, 0.717) is 75.9 Å². The van der Waals surface area contributed by atoms with Crippen molar-refractivity contribution in [3.63, 3.8) is 0 Å². The van der Waals surface area contributed by atoms with Crippen molar-refractivity contribution in [2.45, 2.75) is 555 Å². The van der Waals surface area contributed by atoms with E-state index in [1.165, 1.54) is 0 Å². The fraction of sp³-hybridized carbons (Fsp3) is 0.892. The Morgan fingerprint density at radius 3 is 0.567 bits per heavy atom. The maximum absolute atomic E-state index is 6.04. The van der Waals surface area contributed by atoms with E-state index in [9.17, 15) is 0 Å². The zero-order chi connectivity index (χ0) is 104. The number of piperidine rings is 7. The quantitative estimate of drug-likeness (QED) is 0.0186. The lowest BCUT2D eigenvalue weighted by atomic mass is 9.79. The molecular weight excluding hydrogens is 1750 g/mol. The summed E-state index contributed by atoms with van der Waals surface area (Å²) < 4.78 is 0. The van der Waals surface area contributed by atoms with Crippen LogP contribution in [0.3, 0.4) is 0 Å². The summed E-state index contributed by atoms with van der Waals surface area (Å²) >= 11 is 0. The van der Waals surface area contributed by atoms with Gasteiger partial charge < -0.3 is 92.0 Å². The lowest BCUT2D eigenvalue weighted by Gasteiger charge is -2.50. The van der Waals surface area contributed by atoms with E-state index in [-0.39, 0.29) is 120 Å². The van der Waals surface area contributed by atoms with Crippen molar-refractivity contribution in [2.24, 2.45) is 0 Å². The van der Waals surface area contributed by atoms with Gasteiger partial charge in [0, 0.05) is 205 Å². The van der Waals surface area contributed by atoms with Gasteiger partial charge in [-0.3, -0.25) is 0 Å². The van der Waals surface area contributed by atoms with Crippen molar-refractivity contribution in [1.29, 1.82) is 0 Å². The summed E-state index contributed by atoms with van der Waals surface area (Å²) in [6.45, 7) is 91.8. The predicted molar refractivity (Wildman–Crippen MR) is 596 cm³/mol. The maximum atomic E-state index is 6.04. The van der Waals surface area contributed by atoms with Gasteiger partial charge in [-0.1, -0.05) is 93.4 Å². The van der Waals surface area contributed by atoms with Gasteiger partial charge in [-0.25, -0.2) is 9.97 Å². The van der Waals surface area contributed by atoms with Crippen LogP contribution in [0, 0.1) is 0 Å². The first-order valence-electron chi connectivity index (χ1n) is 56.6. The summed E-state index contributed by atoms with van der Waals surface area (Å²) in [7, 11) is 0. The van der Waals surface area contributed by atoms with Crippen LogP contribution in [0.2, 0.25) is 0 Å². The Labute approximate surface area is 858 Å². The zero-order valence-corrected chi connectivity index (χ0v) is 96.4. The second-order valence-electron chi connectivity index (χ2n) is 53.9. The van der Waals surface area contributed by atoms with Gasteiger partial charge in [0.15, 0.2) is 0 Å². The van der Waals surface area contributed by atoms with Crippen LogP contribution < -0.4 is 92.0 Å². The Morgan fingerprint density at radius 2 is 0.369 bits per heavy atom. The molecule has 7 fully saturated rings. The highest BCUT2D eigenvalue weighted by atomic mass is 15.5. The van der Waals surface area contributed by atoms with E-state index in [2.05, 4.69) is 334 Å². The molecular formula is C111H208N30. The molecule has 0 aliphatic carbocycles. The SMILES string of the molecule is CCCCN(c1ncnc(N(CCCNc2nc(N(CCCC)C3CC(C)(C)NC(C)(C)C3)nc(N(CCCC)C3CC(C)(C)NC(C)(C)C3)n2)CCN(CCCNc2nc(N(CCCC)C3CC(C)(C)NC(C)(C)C3)nc(N(CCCC)C3CC(C)(C)NC(C)(C)C3)n2)c2nc(N(CCCC)C3CC(C)(C)NC(C)(C)C3)nc(N(CCCC)C3CC(C)(C)NC(C)(C)C3)n2)n1)C1CC(C)(C)NC(C)(C)C1. The van der Waals surface area contributed by atoms with Crippen molar-refractivity contribution in [1.82, 2.24) is 97.0 Å². The number of hydrogen-bond acceptors (Lipinski definition) is 30. The van der Waals surface area contributed by atoms with Gasteiger partial charge >= 0.3 is 0 Å². The maximum Gasteiger partial charge on any atom is 0.232 e. The highest BCUT2D eigenvalue weighted by molar-refractivity contribution is 5.53. The molecule has 802 valence electrons. The molecule has 30 nitrogen and oxygen atoms in total. The first-order valence-corrected chi connectivity index (χ1v) is 56.6. The lowest BCUT2D eigenvalue weighted by Crippen LogP contribution is -2.63. The summed E-state index contributed by atoms with van der Waals surface area (Å²) in [5.74, 6) is 7.83. The Hall–Kier alpha value is -6.44. The molecule has 0 spiro atoms. The van der Waals surface area contributed by atoms with Crippen LogP contribution in [-0.2, 0) is 0 Å². The largest absolute Gasteiger partial charge is 0.354 e. The highest BCUT2D eigenvalue weighted by Crippen LogP contribution is 2.44. The Kier molecular flexibility index (Phi) is 38.3. The van der Waals surface area contributed by atoms with E-state index >= 15 is 0 Å². The zero-order valence-electron chi connectivity index (χ0n) is 96.4. The fourth-order valence-corrected chi connectivity index (χ4v) is 27.3. The van der Waals surface area contributed by atoms with Crippen molar-refractivity contribution in [3.05, 3.63) is 6.33 Å². The molecule has 0 amide bonds. The van der Waals surface area contributed by atoms with Gasteiger partial charge in [0.05, 0.1) is 0 Å². The van der Waals surface area contributed by atoms with Gasteiger partial charge in [0.1, 0.15) is 6.33 Å². The molecule has 7 aliphatic rings. The van der Waals surface area contributed by atoms with Gasteiger partial charge in [0.2, 0.25) is 65.4 Å². The normalized spacial score (nSPS) is 22.4. The minimum Gasteiger partial charge on any atom is -0.354 e. The number of anilines is 11. The molecule has 30 heteroatoms. The summed E-state index contributed by atoms with van der Waals surface area (Å²) in [4.78, 5) is 91.6. The third-order valence-electron chi connectivity index (χ3n) is 30.7. The van der Waals surface area contributed by atoms with Crippen LogP contribution in [0.15, 0.2) is 6.33 Å². The summed E-state index contributed by atoms with van der Waals surface area (Å²) in [6, 6.07) is 1.30. The van der Waals surface area contributed by atoms with Crippen LogP contribution in [0.1, 0.15) is 435 Å². The van der Waals surface area contributed by atoms with Crippen molar-refractivity contribution in [2.75, 3.05) is 140 Å². The molecule has 0 bridgehead atoms. The van der Waals surface area contributed by atoms with Crippen molar-refractivity contribution in [3.8, 4) is 0 Å². The second-order valence-corrected chi connectivity index (χ2v) is 53.9. The molecule has 0 aromatic carbocycles. The first-order chi connectivity index (χ1) is 65.7. The average Bonchev–Trinajstić information content (AvgIpc) is 0.773. The first kappa shape index (κ1) is 115. The second kappa shape index (κ2) is 47.0. The molecule has 4 aromatic heterocycles. The minimum atomic E-state index is -0.147. The van der Waals surface area contributed by atoms with E-state index in [1.807, 2.05) is 0 Å². The van der Waals surface area contributed by atoms with E-state index in [1.54, 1.807) is 6.33 Å². The number of aromatic nitrogens is 12. The number of hydrogen-bond donors (Lipinski definition) is 9. The standard InChI is InChI=1S/C111H208N30/c1-36-43-56-135(80-65-98(8,9)126-99(10,11)66-80)90-115-79-114-89(120-90)133(54-50-52-112-87-116-92(136(57-44-37-2)81-67-100(12,13)127-101(14,15)68-81)123-93(117-87)137(58-45-38-3)82-69-102(16,17)128-103(18,19)70-82)63-64-134(91-121-96(140(61-48-41-6)85-75-108(28,29)131-109(30,31)76-85)125-97(122-91)141(62-49-42-7)86-77-110(32,33)132-111(34,35)78-86)55-51-53-113-88-118-94(138(59-46-39-4)83-71-104(20,21)129-105(22,23)72-83)124-95(119-88)139(60-47-40-5)84-73-106(24,25)130-107(26,27)74-84/h79-86,126-132H,36-78H2,1-35H3,(H,112,116,117,123)(H,113,118,119,124). The third kappa shape index (κ3) is 33.5. The number of nitrogens with one attached hydrogen (secondary N) is 9. The van der Waals surface area contributed by atoms with Crippen LogP contribution in [-0.4, -0.2) is 265 Å². The Balaban J connectivity index is 1.08. The molecule has 141 heavy (non-hydrogen) atoms. The van der Waals surface area contributed by atoms with Crippen LogP contribution >= 0.6 is 0 Å². The topological polar surface area (TPSA) is 292 Å². The monoisotopic (exact) mass is 1960 g/mol. The highest BCUT2D eigenvalue weighted by Gasteiger charge is 2.50. The van der Waals surface area contributed by atoms with Gasteiger partial charge in [-0.15, -0.1) is 0 Å². The molecule has 0 unspecified atom stereocenters. The van der Waals surface area contributed by atoms with Crippen molar-refractivity contribution < 1.29 is 0 Å². The molecule has 11 heterocycles. The Morgan fingerprint density at radius 1 is 0.206 bits per heavy atom. The van der Waals surface area contributed by atoms with Crippen molar-refractivity contribution >= 4 is 65.4 Å². The third-order valence-corrected chi connectivity index (χ3v) is 30.7.